The first-order chi connectivity index (χ1) is 8.70. The maximum atomic E-state index is 11.1. The van der Waals surface area contributed by atoms with Gasteiger partial charge in [-0.15, -0.1) is 0 Å². The summed E-state index contributed by atoms with van der Waals surface area (Å²) in [5.74, 6) is 0. The van der Waals surface area contributed by atoms with Crippen LogP contribution < -0.4 is 21.3 Å². The van der Waals surface area contributed by atoms with Gasteiger partial charge < -0.3 is 10.6 Å². The zero-order valence-corrected chi connectivity index (χ0v) is 9.41. The summed E-state index contributed by atoms with van der Waals surface area (Å²) in [4.78, 5) is 22.6. The fourth-order valence-electron chi connectivity index (χ4n) is 1.30. The van der Waals surface area contributed by atoms with Gasteiger partial charge in [-0.3, -0.25) is 9.78 Å². The lowest BCUT2D eigenvalue weighted by Gasteiger charge is -2.18. The maximum Gasteiger partial charge on any atom is 0.326 e. The lowest BCUT2D eigenvalue weighted by molar-refractivity contribution is 0.262. The molecule has 0 radical (unpaired) electrons. The number of rotatable bonds is 4. The minimum absolute atomic E-state index is 0.00171. The molecule has 3 N–H and O–H groups in total. The van der Waals surface area contributed by atoms with Crippen molar-refractivity contribution in [3.05, 3.63) is 46.9 Å². The molecule has 1 aromatic heterocycles. The molecule has 1 aromatic carbocycles. The van der Waals surface area contributed by atoms with Crippen LogP contribution in [0.1, 0.15) is 0 Å². The molecule has 7 nitrogen and oxygen atoms in total. The topological polar surface area (TPSA) is 96.6 Å². The molecular weight excluding hydrogens is 234 g/mol. The van der Waals surface area contributed by atoms with E-state index in [0.29, 0.717) is 11.4 Å². The zero-order valence-electron chi connectivity index (χ0n) is 9.41. The highest BCUT2D eigenvalue weighted by atomic mass is 16.7. The number of hydrogen-bond acceptors (Lipinski definition) is 6. The molecule has 7 heteroatoms. The third kappa shape index (κ3) is 2.46. The van der Waals surface area contributed by atoms with E-state index in [9.17, 15) is 4.79 Å². The van der Waals surface area contributed by atoms with Gasteiger partial charge in [0, 0.05) is 19.0 Å². The summed E-state index contributed by atoms with van der Waals surface area (Å²) in [5, 5.41) is 4.74. The Bertz CT molecular complexity index is 610. The Morgan fingerprint density at radius 2 is 2.17 bits per heavy atom. The van der Waals surface area contributed by atoms with E-state index in [1.807, 2.05) is 0 Å². The van der Waals surface area contributed by atoms with E-state index < -0.39 is 0 Å². The van der Waals surface area contributed by atoms with Crippen LogP contribution in [-0.4, -0.2) is 16.7 Å². The van der Waals surface area contributed by atoms with Gasteiger partial charge in [0.25, 0.3) is 5.56 Å². The SMILES string of the molecule is C=NN(Oc1nccc(=O)[nH]1)c1ccccc1N. The summed E-state index contributed by atoms with van der Waals surface area (Å²) in [6.45, 7) is 3.37. The summed E-state index contributed by atoms with van der Waals surface area (Å²) < 4.78 is 0. The van der Waals surface area contributed by atoms with Crippen LogP contribution in [0.3, 0.4) is 0 Å². The molecule has 1 heterocycles. The lowest BCUT2D eigenvalue weighted by atomic mass is 10.3. The van der Waals surface area contributed by atoms with E-state index in [1.165, 1.54) is 12.3 Å². The number of aromatic nitrogens is 2. The molecule has 18 heavy (non-hydrogen) atoms. The van der Waals surface area contributed by atoms with E-state index in [0.717, 1.165) is 5.17 Å². The molecule has 0 spiro atoms. The summed E-state index contributed by atoms with van der Waals surface area (Å²) in [6.07, 6.45) is 1.32. The van der Waals surface area contributed by atoms with Crippen molar-refractivity contribution in [3.63, 3.8) is 0 Å². The van der Waals surface area contributed by atoms with Gasteiger partial charge in [-0.25, -0.2) is 4.98 Å². The number of nitrogens with zero attached hydrogens (tertiary/aromatic N) is 3. The number of aromatic amines is 1. The van der Waals surface area contributed by atoms with Crippen molar-refractivity contribution >= 4 is 18.1 Å². The van der Waals surface area contributed by atoms with Crippen LogP contribution >= 0.6 is 0 Å². The van der Waals surface area contributed by atoms with Crippen LogP contribution in [0, 0.1) is 0 Å². The zero-order chi connectivity index (χ0) is 13.0. The van der Waals surface area contributed by atoms with Crippen molar-refractivity contribution < 1.29 is 4.84 Å². The number of benzene rings is 1. The Morgan fingerprint density at radius 3 is 2.83 bits per heavy atom. The first-order valence-corrected chi connectivity index (χ1v) is 5.05. The first kappa shape index (κ1) is 11.6. The summed E-state index contributed by atoms with van der Waals surface area (Å²) in [6, 6.07) is 8.22. The van der Waals surface area contributed by atoms with Crippen LogP contribution in [0.4, 0.5) is 11.4 Å². The molecule has 0 atom stereocenters. The quantitative estimate of drug-likeness (QED) is 0.471. The van der Waals surface area contributed by atoms with E-state index in [-0.39, 0.29) is 11.6 Å². The third-order valence-corrected chi connectivity index (χ3v) is 2.09. The molecule has 0 fully saturated rings. The molecule has 0 bridgehead atoms. The fraction of sp³-hybridized carbons (Fsp3) is 0. The van der Waals surface area contributed by atoms with Gasteiger partial charge in [0.1, 0.15) is 5.69 Å². The largest absolute Gasteiger partial charge is 0.397 e. The van der Waals surface area contributed by atoms with Crippen LogP contribution in [0.2, 0.25) is 0 Å². The summed E-state index contributed by atoms with van der Waals surface area (Å²) in [5.41, 5.74) is 6.41. The van der Waals surface area contributed by atoms with Crippen LogP contribution in [0.15, 0.2) is 46.4 Å². The fourth-order valence-corrected chi connectivity index (χ4v) is 1.30. The first-order valence-electron chi connectivity index (χ1n) is 5.05. The van der Waals surface area contributed by atoms with E-state index in [1.54, 1.807) is 24.3 Å². The van der Waals surface area contributed by atoms with Gasteiger partial charge in [-0.1, -0.05) is 17.3 Å². The lowest BCUT2D eigenvalue weighted by Crippen LogP contribution is -2.24. The molecule has 0 saturated heterocycles. The third-order valence-electron chi connectivity index (χ3n) is 2.09. The summed E-state index contributed by atoms with van der Waals surface area (Å²) in [7, 11) is 0. The molecule has 2 rings (SSSR count). The average Bonchev–Trinajstić information content (AvgIpc) is 2.37. The van der Waals surface area contributed by atoms with Crippen molar-refractivity contribution in [2.45, 2.75) is 0 Å². The predicted molar refractivity (Wildman–Crippen MR) is 68.4 cm³/mol. The Kier molecular flexibility index (Phi) is 3.24. The average molecular weight is 245 g/mol. The Hall–Kier alpha value is -2.83. The molecular formula is C11H11N5O2. The van der Waals surface area contributed by atoms with E-state index in [2.05, 4.69) is 21.8 Å². The molecule has 0 saturated carbocycles. The van der Waals surface area contributed by atoms with Crippen molar-refractivity contribution in [2.75, 3.05) is 10.9 Å². The second-order valence-electron chi connectivity index (χ2n) is 3.30. The number of para-hydroxylation sites is 2. The monoisotopic (exact) mass is 245 g/mol. The molecule has 0 aliphatic carbocycles. The highest BCUT2D eigenvalue weighted by Gasteiger charge is 2.10. The van der Waals surface area contributed by atoms with Crippen LogP contribution in [0.25, 0.3) is 0 Å². The van der Waals surface area contributed by atoms with Gasteiger partial charge in [-0.05, 0) is 12.1 Å². The molecule has 0 unspecified atom stereocenters. The van der Waals surface area contributed by atoms with Gasteiger partial charge in [0.05, 0.1) is 5.69 Å². The Morgan fingerprint density at radius 1 is 1.39 bits per heavy atom. The van der Waals surface area contributed by atoms with Gasteiger partial charge in [0.15, 0.2) is 0 Å². The number of nitrogens with one attached hydrogen (secondary N) is 1. The predicted octanol–water partition coefficient (Wildman–Crippen LogP) is 0.768. The van der Waals surface area contributed by atoms with Gasteiger partial charge >= 0.3 is 6.01 Å². The van der Waals surface area contributed by atoms with E-state index >= 15 is 0 Å². The smallest absolute Gasteiger partial charge is 0.326 e. The Balaban J connectivity index is 2.28. The normalized spacial score (nSPS) is 9.78. The molecule has 0 aliphatic heterocycles. The van der Waals surface area contributed by atoms with Crippen LogP contribution in [-0.2, 0) is 0 Å². The maximum absolute atomic E-state index is 11.1. The Labute approximate surface area is 102 Å². The summed E-state index contributed by atoms with van der Waals surface area (Å²) >= 11 is 0. The van der Waals surface area contributed by atoms with Gasteiger partial charge in [-0.2, -0.15) is 5.10 Å². The number of hydrogen-bond donors (Lipinski definition) is 2. The molecule has 0 aliphatic rings. The van der Waals surface area contributed by atoms with Crippen LogP contribution in [0.5, 0.6) is 6.01 Å². The number of hydrazone groups is 1. The number of nitrogen functional groups attached to an aromatic ring is 1. The number of H-pyrrole nitrogens is 1. The number of anilines is 2. The second-order valence-corrected chi connectivity index (χ2v) is 3.30. The molecule has 2 aromatic rings. The number of nitrogens with two attached hydrogens (primary N) is 1. The van der Waals surface area contributed by atoms with Crippen molar-refractivity contribution in [1.82, 2.24) is 9.97 Å². The second kappa shape index (κ2) is 5.00. The van der Waals surface area contributed by atoms with Gasteiger partial charge in [0.2, 0.25) is 0 Å². The minimum Gasteiger partial charge on any atom is -0.397 e. The highest BCUT2D eigenvalue weighted by Crippen LogP contribution is 2.22. The minimum atomic E-state index is -0.329. The standard InChI is InChI=1S/C11H11N5O2/c1-13-16(9-5-3-2-4-8(9)12)18-11-14-7-6-10(17)15-11/h2-7H,1,12H2,(H,14,15,17). The highest BCUT2D eigenvalue weighted by molar-refractivity contribution is 5.66. The molecule has 92 valence electrons. The van der Waals surface area contributed by atoms with E-state index in [4.69, 9.17) is 10.6 Å². The molecule has 0 amide bonds. The van der Waals surface area contributed by atoms with Crippen molar-refractivity contribution in [1.29, 1.82) is 0 Å². The van der Waals surface area contributed by atoms with Crippen molar-refractivity contribution in [3.8, 4) is 6.01 Å². The van der Waals surface area contributed by atoms with Crippen molar-refractivity contribution in [2.24, 2.45) is 5.10 Å².